The lowest BCUT2D eigenvalue weighted by Gasteiger charge is -2.18. The minimum Gasteiger partial charge on any atom is -0.481 e. The number of carbonyl (C=O) groups is 3. The van der Waals surface area contributed by atoms with E-state index >= 15 is 0 Å². The molecule has 4 rings (SSSR count). The number of carboxylic acids is 1. The molecule has 8 nitrogen and oxygen atoms in total. The standard InChI is InChI=1S/C24H24N4O4/c1-16-8-5-6-11-18(16)19(15-23(30)31)25-24(32)20-14-21(27-13-7-12-22(27)29)28(26-20)17-9-3-2-4-10-17/h2-6,8-11,14,19H,7,12-13,15H2,1H3,(H,25,32)(H,30,31)/t19-/m0/s1. The highest BCUT2D eigenvalue weighted by Crippen LogP contribution is 2.27. The van der Waals surface area contributed by atoms with Crippen LogP contribution in [0.3, 0.4) is 0 Å². The van der Waals surface area contributed by atoms with Crippen molar-refractivity contribution in [2.45, 2.75) is 32.2 Å². The van der Waals surface area contributed by atoms with Gasteiger partial charge in [0.1, 0.15) is 5.82 Å². The van der Waals surface area contributed by atoms with Crippen molar-refractivity contribution in [3.8, 4) is 5.69 Å². The Kier molecular flexibility index (Phi) is 6.02. The summed E-state index contributed by atoms with van der Waals surface area (Å²) in [4.78, 5) is 38.6. The minimum absolute atomic E-state index is 0.0160. The fraction of sp³-hybridized carbons (Fsp3) is 0.250. The summed E-state index contributed by atoms with van der Waals surface area (Å²) < 4.78 is 1.58. The van der Waals surface area contributed by atoms with Crippen molar-refractivity contribution in [3.05, 3.63) is 77.5 Å². The number of anilines is 1. The third kappa shape index (κ3) is 4.39. The molecule has 8 heteroatoms. The smallest absolute Gasteiger partial charge is 0.305 e. The normalized spacial score (nSPS) is 14.4. The second kappa shape index (κ2) is 9.05. The number of nitrogens with zero attached hydrogens (tertiary/aromatic N) is 3. The first kappa shape index (κ1) is 21.3. The molecule has 1 atom stereocenters. The van der Waals surface area contributed by atoms with Gasteiger partial charge >= 0.3 is 5.97 Å². The van der Waals surface area contributed by atoms with E-state index in [1.165, 1.54) is 0 Å². The van der Waals surface area contributed by atoms with Gasteiger partial charge in [0.05, 0.1) is 18.2 Å². The van der Waals surface area contributed by atoms with E-state index < -0.39 is 17.9 Å². The largest absolute Gasteiger partial charge is 0.481 e. The van der Waals surface area contributed by atoms with Crippen LogP contribution in [-0.2, 0) is 9.59 Å². The van der Waals surface area contributed by atoms with Crippen LogP contribution in [0.15, 0.2) is 60.7 Å². The van der Waals surface area contributed by atoms with E-state index in [2.05, 4.69) is 10.4 Å². The molecule has 164 valence electrons. The zero-order valence-electron chi connectivity index (χ0n) is 17.7. The maximum absolute atomic E-state index is 13.1. The predicted octanol–water partition coefficient (Wildman–Crippen LogP) is 3.25. The van der Waals surface area contributed by atoms with E-state index in [1.807, 2.05) is 55.5 Å². The number of aryl methyl sites for hydroxylation is 1. The quantitative estimate of drug-likeness (QED) is 0.596. The van der Waals surface area contributed by atoms with Crippen LogP contribution >= 0.6 is 0 Å². The van der Waals surface area contributed by atoms with E-state index in [4.69, 9.17) is 0 Å². The molecule has 2 amide bonds. The lowest BCUT2D eigenvalue weighted by Crippen LogP contribution is -2.31. The summed E-state index contributed by atoms with van der Waals surface area (Å²) in [5, 5.41) is 16.7. The Labute approximate surface area is 185 Å². The lowest BCUT2D eigenvalue weighted by molar-refractivity contribution is -0.137. The molecule has 32 heavy (non-hydrogen) atoms. The second-order valence-corrected chi connectivity index (χ2v) is 7.76. The number of rotatable bonds is 7. The average molecular weight is 432 g/mol. The van der Waals surface area contributed by atoms with Crippen molar-refractivity contribution in [3.63, 3.8) is 0 Å². The lowest BCUT2D eigenvalue weighted by atomic mass is 9.98. The fourth-order valence-corrected chi connectivity index (χ4v) is 3.95. The van der Waals surface area contributed by atoms with Gasteiger partial charge in [-0.2, -0.15) is 5.10 Å². The Hall–Kier alpha value is -3.94. The number of para-hydroxylation sites is 1. The molecule has 2 N–H and O–H groups in total. The van der Waals surface area contributed by atoms with Gasteiger partial charge < -0.3 is 10.4 Å². The highest BCUT2D eigenvalue weighted by molar-refractivity contribution is 5.98. The van der Waals surface area contributed by atoms with Crippen LogP contribution in [0.2, 0.25) is 0 Å². The van der Waals surface area contributed by atoms with Crippen LogP contribution in [0.4, 0.5) is 5.82 Å². The molecule has 2 aromatic carbocycles. The van der Waals surface area contributed by atoms with Gasteiger partial charge in [0.25, 0.3) is 5.91 Å². The van der Waals surface area contributed by atoms with E-state index in [0.717, 1.165) is 23.2 Å². The van der Waals surface area contributed by atoms with Crippen LogP contribution < -0.4 is 10.2 Å². The number of carbonyl (C=O) groups excluding carboxylic acids is 2. The monoisotopic (exact) mass is 432 g/mol. The van der Waals surface area contributed by atoms with Crippen LogP contribution in [0.5, 0.6) is 0 Å². The van der Waals surface area contributed by atoms with Crippen molar-refractivity contribution >= 4 is 23.6 Å². The van der Waals surface area contributed by atoms with E-state index in [9.17, 15) is 19.5 Å². The number of amides is 2. The van der Waals surface area contributed by atoms with Gasteiger partial charge in [-0.3, -0.25) is 19.3 Å². The summed E-state index contributed by atoms with van der Waals surface area (Å²) in [5.74, 6) is -1.01. The van der Waals surface area contributed by atoms with E-state index in [1.54, 1.807) is 21.7 Å². The number of nitrogens with one attached hydrogen (secondary N) is 1. The molecule has 0 radical (unpaired) electrons. The first-order valence-corrected chi connectivity index (χ1v) is 10.5. The second-order valence-electron chi connectivity index (χ2n) is 7.76. The molecular weight excluding hydrogens is 408 g/mol. The van der Waals surface area contributed by atoms with Crippen molar-refractivity contribution in [1.82, 2.24) is 15.1 Å². The first-order chi connectivity index (χ1) is 15.4. The number of hydrogen-bond donors (Lipinski definition) is 2. The Bertz CT molecular complexity index is 1160. The summed E-state index contributed by atoms with van der Waals surface area (Å²) in [5.41, 5.74) is 2.47. The Morgan fingerprint density at radius 1 is 1.12 bits per heavy atom. The van der Waals surface area contributed by atoms with E-state index in [0.29, 0.717) is 18.8 Å². The van der Waals surface area contributed by atoms with Crippen molar-refractivity contribution in [2.24, 2.45) is 0 Å². The Morgan fingerprint density at radius 3 is 2.50 bits per heavy atom. The first-order valence-electron chi connectivity index (χ1n) is 10.5. The molecule has 0 bridgehead atoms. The maximum Gasteiger partial charge on any atom is 0.305 e. The zero-order chi connectivity index (χ0) is 22.7. The molecule has 0 saturated carbocycles. The summed E-state index contributed by atoms with van der Waals surface area (Å²) in [6.07, 6.45) is 0.942. The number of aromatic nitrogens is 2. The highest BCUT2D eigenvalue weighted by Gasteiger charge is 2.28. The average Bonchev–Trinajstić information content (AvgIpc) is 3.40. The van der Waals surface area contributed by atoms with Crippen LogP contribution in [0, 0.1) is 6.92 Å². The van der Waals surface area contributed by atoms with Crippen LogP contribution in [0.25, 0.3) is 5.69 Å². The van der Waals surface area contributed by atoms with Gasteiger partial charge in [-0.1, -0.05) is 42.5 Å². The highest BCUT2D eigenvalue weighted by atomic mass is 16.4. The number of benzene rings is 2. The molecule has 1 aliphatic heterocycles. The SMILES string of the molecule is Cc1ccccc1[C@H](CC(=O)O)NC(=O)c1cc(N2CCCC2=O)n(-c2ccccc2)n1. The molecule has 3 aromatic rings. The van der Waals surface area contributed by atoms with Gasteiger partial charge in [0.2, 0.25) is 5.91 Å². The molecule has 0 unspecified atom stereocenters. The molecule has 0 aliphatic carbocycles. The van der Waals surface area contributed by atoms with Gasteiger partial charge in [0.15, 0.2) is 5.69 Å². The molecule has 0 spiro atoms. The Morgan fingerprint density at radius 2 is 1.84 bits per heavy atom. The molecular formula is C24H24N4O4. The van der Waals surface area contributed by atoms with Gasteiger partial charge in [-0.25, -0.2) is 4.68 Å². The van der Waals surface area contributed by atoms with Gasteiger partial charge in [-0.15, -0.1) is 0 Å². The topological polar surface area (TPSA) is 105 Å². The number of aliphatic carboxylic acids is 1. The Balaban J connectivity index is 1.68. The maximum atomic E-state index is 13.1. The number of hydrogen-bond acceptors (Lipinski definition) is 4. The summed E-state index contributed by atoms with van der Waals surface area (Å²) in [6, 6.07) is 17.5. The molecule has 1 aliphatic rings. The summed E-state index contributed by atoms with van der Waals surface area (Å²) in [7, 11) is 0. The van der Waals surface area contributed by atoms with Crippen LogP contribution in [0.1, 0.15) is 46.9 Å². The minimum atomic E-state index is -1.02. The van der Waals surface area contributed by atoms with Crippen molar-refractivity contribution in [1.29, 1.82) is 0 Å². The molecule has 1 fully saturated rings. The third-order valence-electron chi connectivity index (χ3n) is 5.52. The van der Waals surface area contributed by atoms with Crippen molar-refractivity contribution in [2.75, 3.05) is 11.4 Å². The molecule has 2 heterocycles. The van der Waals surface area contributed by atoms with Crippen molar-refractivity contribution < 1.29 is 19.5 Å². The fourth-order valence-electron chi connectivity index (χ4n) is 3.95. The molecule has 1 saturated heterocycles. The predicted molar refractivity (Wildman–Crippen MR) is 119 cm³/mol. The van der Waals surface area contributed by atoms with E-state index in [-0.39, 0.29) is 18.0 Å². The third-order valence-corrected chi connectivity index (χ3v) is 5.52. The summed E-state index contributed by atoms with van der Waals surface area (Å²) >= 11 is 0. The summed E-state index contributed by atoms with van der Waals surface area (Å²) in [6.45, 7) is 2.43. The van der Waals surface area contributed by atoms with Crippen LogP contribution in [-0.4, -0.2) is 39.2 Å². The molecule has 1 aromatic heterocycles. The number of carboxylic acid groups (broad SMARTS) is 1. The van der Waals surface area contributed by atoms with Gasteiger partial charge in [-0.05, 0) is 36.6 Å². The van der Waals surface area contributed by atoms with Gasteiger partial charge in [0, 0.05) is 19.0 Å². The zero-order valence-corrected chi connectivity index (χ0v) is 17.7.